The van der Waals surface area contributed by atoms with Crippen LogP contribution in [0.15, 0.2) is 70.2 Å². The van der Waals surface area contributed by atoms with Gasteiger partial charge in [0.05, 0.1) is 16.1 Å². The van der Waals surface area contributed by atoms with Crippen molar-refractivity contribution in [3.05, 3.63) is 75.8 Å². The number of alkyl halides is 3. The number of halogens is 4. The van der Waals surface area contributed by atoms with Crippen LogP contribution in [0.2, 0.25) is 5.02 Å². The number of amidine groups is 1. The molecule has 15 heteroatoms. The molecule has 41 heavy (non-hydrogen) atoms. The molecule has 1 spiro atoms. The molecule has 0 aliphatic carbocycles. The van der Waals surface area contributed by atoms with Crippen molar-refractivity contribution in [2.75, 3.05) is 24.5 Å². The van der Waals surface area contributed by atoms with E-state index in [-0.39, 0.29) is 17.1 Å². The summed E-state index contributed by atoms with van der Waals surface area (Å²) in [6.07, 6.45) is -0.465. The molecular weight excluding hydrogens is 585 g/mol. The van der Waals surface area contributed by atoms with Gasteiger partial charge in [0.15, 0.2) is 17.5 Å². The topological polar surface area (TPSA) is 135 Å². The lowest BCUT2D eigenvalue weighted by Gasteiger charge is -2.43. The number of aromatic nitrogens is 1. The molecule has 1 saturated heterocycles. The third-order valence-electron chi connectivity index (χ3n) is 6.42. The molecule has 0 atom stereocenters. The number of ether oxygens (including phenoxy) is 2. The van der Waals surface area contributed by atoms with E-state index < -0.39 is 24.5 Å². The van der Waals surface area contributed by atoms with Gasteiger partial charge in [-0.3, -0.25) is 4.79 Å². The zero-order valence-corrected chi connectivity index (χ0v) is 22.7. The van der Waals surface area contributed by atoms with Crippen LogP contribution in [-0.2, 0) is 4.79 Å². The van der Waals surface area contributed by atoms with Crippen LogP contribution in [0.1, 0.15) is 28.8 Å². The number of anilines is 1. The predicted octanol–water partition coefficient (Wildman–Crippen LogP) is 5.72. The van der Waals surface area contributed by atoms with Gasteiger partial charge in [-0.25, -0.2) is 4.98 Å². The average Bonchev–Trinajstić information content (AvgIpc) is 3.41. The standard InChI is InChI=1S/C26H22ClF3N6O4S/c27-17-5-3-7-19-22(17)16(15-4-1-2-6-18(15)40-26(28,29)30)12-25(39-19)8-10-36(11-9-25)24-32-13-20(41-24)23(31)34-35-33-14-21(37)38/h1-7,12-13H,8-11,14H2,(H,37,38)(H2,31,33,34). The molecule has 0 saturated carbocycles. The van der Waals surface area contributed by atoms with Gasteiger partial charge in [-0.15, -0.1) is 18.3 Å². The van der Waals surface area contributed by atoms with Crippen LogP contribution in [0.4, 0.5) is 18.3 Å². The van der Waals surface area contributed by atoms with Gasteiger partial charge in [-0.05, 0) is 35.1 Å². The summed E-state index contributed by atoms with van der Waals surface area (Å²) in [6, 6.07) is 11.1. The fraction of sp³-hybridized carbons (Fsp3) is 0.269. The third kappa shape index (κ3) is 6.43. The third-order valence-corrected chi connectivity index (χ3v) is 7.81. The van der Waals surface area contributed by atoms with E-state index in [1.165, 1.54) is 23.5 Å². The Morgan fingerprint density at radius 3 is 2.71 bits per heavy atom. The van der Waals surface area contributed by atoms with Crippen LogP contribution in [0.5, 0.6) is 11.5 Å². The Bertz CT molecular complexity index is 1550. The molecule has 0 amide bonds. The molecule has 2 aliphatic rings. The molecule has 0 bridgehead atoms. The van der Waals surface area contributed by atoms with Crippen LogP contribution in [0.25, 0.3) is 5.57 Å². The Morgan fingerprint density at radius 2 is 1.98 bits per heavy atom. The number of benzene rings is 2. The molecule has 2 aliphatic heterocycles. The van der Waals surface area contributed by atoms with Crippen molar-refractivity contribution >= 4 is 45.4 Å². The fourth-order valence-electron chi connectivity index (χ4n) is 4.62. The molecule has 0 radical (unpaired) electrons. The Balaban J connectivity index is 1.40. The lowest BCUT2D eigenvalue weighted by molar-refractivity contribution is -0.274. The van der Waals surface area contributed by atoms with E-state index in [4.69, 9.17) is 27.2 Å². The Morgan fingerprint density at radius 1 is 1.22 bits per heavy atom. The molecule has 3 N–H and O–H groups in total. The first-order chi connectivity index (χ1) is 19.5. The Hall–Kier alpha value is -4.17. The number of fused-ring (bicyclic) bond motifs is 1. The number of carboxylic acids is 1. The Kier molecular flexibility index (Phi) is 7.87. The second-order valence-electron chi connectivity index (χ2n) is 9.14. The lowest BCUT2D eigenvalue weighted by atomic mass is 9.82. The Labute approximate surface area is 240 Å². The molecule has 3 heterocycles. The summed E-state index contributed by atoms with van der Waals surface area (Å²) in [6.45, 7) is 0.543. The molecule has 3 aromatic rings. The van der Waals surface area contributed by atoms with E-state index >= 15 is 0 Å². The van der Waals surface area contributed by atoms with E-state index in [0.717, 1.165) is 0 Å². The summed E-state index contributed by atoms with van der Waals surface area (Å²) in [5.41, 5.74) is 6.38. The summed E-state index contributed by atoms with van der Waals surface area (Å²) in [5.74, 6) is -0.945. The highest BCUT2D eigenvalue weighted by atomic mass is 35.5. The monoisotopic (exact) mass is 606 g/mol. The van der Waals surface area contributed by atoms with Crippen LogP contribution in [0, 0.1) is 0 Å². The van der Waals surface area contributed by atoms with Gasteiger partial charge in [-0.2, -0.15) is 5.11 Å². The van der Waals surface area contributed by atoms with E-state index in [1.54, 1.807) is 36.5 Å². The summed E-state index contributed by atoms with van der Waals surface area (Å²) in [4.78, 5) is 17.5. The number of hydrogen-bond acceptors (Lipinski definition) is 8. The number of piperidine rings is 1. The van der Waals surface area contributed by atoms with Crippen LogP contribution >= 0.6 is 22.9 Å². The number of carbonyl (C=O) groups is 1. The first-order valence-electron chi connectivity index (χ1n) is 12.2. The van der Waals surface area contributed by atoms with Crippen molar-refractivity contribution in [3.63, 3.8) is 0 Å². The highest BCUT2D eigenvalue weighted by molar-refractivity contribution is 7.17. The summed E-state index contributed by atoms with van der Waals surface area (Å²) in [7, 11) is 0. The second-order valence-corrected chi connectivity index (χ2v) is 10.6. The average molecular weight is 607 g/mol. The quantitative estimate of drug-likeness (QED) is 0.152. The number of nitrogens with zero attached hydrogens (tertiary/aromatic N) is 5. The maximum atomic E-state index is 13.2. The normalized spacial score (nSPS) is 16.8. The lowest BCUT2D eigenvalue weighted by Crippen LogP contribution is -2.48. The van der Waals surface area contributed by atoms with Crippen molar-refractivity contribution in [3.8, 4) is 11.5 Å². The number of rotatable bonds is 7. The van der Waals surface area contributed by atoms with Gasteiger partial charge in [0, 0.05) is 37.1 Å². The molecule has 214 valence electrons. The molecular formula is C26H22ClF3N6O4S. The SMILES string of the molecule is N/C(=N\N=NCC(=O)O)c1cnc(N2CCC3(C=C(c4ccccc4OC(F)(F)F)c4c(Cl)cccc4O3)CC2)s1. The van der Waals surface area contributed by atoms with Gasteiger partial charge in [0.1, 0.15) is 17.1 Å². The first kappa shape index (κ1) is 28.4. The van der Waals surface area contributed by atoms with Crippen molar-refractivity contribution in [1.82, 2.24) is 4.98 Å². The molecule has 10 nitrogen and oxygen atoms in total. The highest BCUT2D eigenvalue weighted by Crippen LogP contribution is 2.48. The van der Waals surface area contributed by atoms with Gasteiger partial charge in [0.2, 0.25) is 0 Å². The van der Waals surface area contributed by atoms with Gasteiger partial charge in [0.25, 0.3) is 0 Å². The van der Waals surface area contributed by atoms with Crippen molar-refractivity contribution in [1.29, 1.82) is 0 Å². The number of aliphatic carboxylic acids is 1. The molecule has 5 rings (SSSR count). The highest BCUT2D eigenvalue weighted by Gasteiger charge is 2.41. The van der Waals surface area contributed by atoms with Gasteiger partial charge in [-0.1, -0.05) is 47.2 Å². The fourth-order valence-corrected chi connectivity index (χ4v) is 5.76. The molecule has 2 aromatic carbocycles. The molecule has 1 fully saturated rings. The first-order valence-corrected chi connectivity index (χ1v) is 13.4. The summed E-state index contributed by atoms with van der Waals surface area (Å²) >= 11 is 7.81. The van der Waals surface area contributed by atoms with Gasteiger partial charge < -0.3 is 25.2 Å². The zero-order chi connectivity index (χ0) is 29.2. The van der Waals surface area contributed by atoms with Crippen LogP contribution in [-0.4, -0.2) is 53.5 Å². The predicted molar refractivity (Wildman–Crippen MR) is 147 cm³/mol. The van der Waals surface area contributed by atoms with Crippen molar-refractivity contribution in [2.45, 2.75) is 24.8 Å². The van der Waals surface area contributed by atoms with E-state index in [1.807, 2.05) is 11.0 Å². The smallest absolute Gasteiger partial charge is 0.482 e. The number of nitrogens with two attached hydrogens (primary N) is 1. The minimum atomic E-state index is -4.86. The molecule has 0 unspecified atom stereocenters. The second kappa shape index (κ2) is 11.4. The van der Waals surface area contributed by atoms with E-state index in [9.17, 15) is 18.0 Å². The maximum absolute atomic E-state index is 13.2. The number of thiazole rings is 1. The zero-order valence-electron chi connectivity index (χ0n) is 21.1. The summed E-state index contributed by atoms with van der Waals surface area (Å²) in [5, 5.41) is 20.2. The van der Waals surface area contributed by atoms with E-state index in [2.05, 4.69) is 25.2 Å². The summed E-state index contributed by atoms with van der Waals surface area (Å²) < 4.78 is 50.5. The number of hydrogen-bond donors (Lipinski definition) is 2. The number of carboxylic acid groups (broad SMARTS) is 1. The largest absolute Gasteiger partial charge is 0.573 e. The minimum absolute atomic E-state index is 0.0489. The molecule has 1 aromatic heterocycles. The minimum Gasteiger partial charge on any atom is -0.482 e. The van der Waals surface area contributed by atoms with Crippen molar-refractivity contribution in [2.24, 2.45) is 21.2 Å². The maximum Gasteiger partial charge on any atom is 0.573 e. The van der Waals surface area contributed by atoms with Gasteiger partial charge >= 0.3 is 12.3 Å². The van der Waals surface area contributed by atoms with Crippen LogP contribution < -0.4 is 20.1 Å². The van der Waals surface area contributed by atoms with Crippen molar-refractivity contribution < 1.29 is 32.5 Å². The van der Waals surface area contributed by atoms with Crippen LogP contribution in [0.3, 0.4) is 0 Å². The van der Waals surface area contributed by atoms with E-state index in [0.29, 0.717) is 57.8 Å². The number of para-hydroxylation sites is 1.